The highest BCUT2D eigenvalue weighted by Crippen LogP contribution is 2.59. The lowest BCUT2D eigenvalue weighted by atomic mass is 9.97. The van der Waals surface area contributed by atoms with Crippen molar-refractivity contribution in [3.8, 4) is 0 Å². The zero-order valence-electron chi connectivity index (χ0n) is 14.6. The molecule has 31 heavy (non-hydrogen) atoms. The van der Waals surface area contributed by atoms with E-state index in [9.17, 15) is 48.7 Å². The number of hydrogen-bond acceptors (Lipinski definition) is 5. The number of halogens is 11. The Morgan fingerprint density at radius 1 is 1.10 bits per heavy atom. The summed E-state index contributed by atoms with van der Waals surface area (Å²) in [5.74, 6) is -4.73. The Labute approximate surface area is 175 Å². The highest BCUT2D eigenvalue weighted by Gasteiger charge is 2.77. The number of anilines is 1. The van der Waals surface area contributed by atoms with E-state index >= 15 is 0 Å². The van der Waals surface area contributed by atoms with Gasteiger partial charge in [-0.1, -0.05) is 23.4 Å². The summed E-state index contributed by atoms with van der Waals surface area (Å²) in [4.78, 5) is 11.3. The number of carbonyl (C=O) groups excluding carboxylic acids is 1. The van der Waals surface area contributed by atoms with E-state index in [1.807, 2.05) is 5.32 Å². The van der Waals surface area contributed by atoms with Crippen LogP contribution in [0.15, 0.2) is 33.9 Å². The first-order chi connectivity index (χ1) is 14.0. The Bertz CT molecular complexity index is 939. The first-order valence-corrected chi connectivity index (χ1v) is 8.68. The third-order valence-corrected chi connectivity index (χ3v) is 4.99. The summed E-state index contributed by atoms with van der Waals surface area (Å²) in [5.41, 5.74) is -6.53. The van der Waals surface area contributed by atoms with Crippen molar-refractivity contribution >= 4 is 40.2 Å². The molecule has 0 atom stereocenters. The topological polar surface area (TPSA) is 50.7 Å². The molecule has 1 N–H and O–H groups in total. The number of ether oxygens (including phenoxy) is 1. The van der Waals surface area contributed by atoms with Crippen molar-refractivity contribution in [3.63, 3.8) is 0 Å². The Balaban J connectivity index is 2.73. The first-order valence-electron chi connectivity index (χ1n) is 7.49. The number of aliphatic imine (C=N–C) groups is 1. The molecule has 0 bridgehead atoms. The minimum absolute atomic E-state index is 0.158. The summed E-state index contributed by atoms with van der Waals surface area (Å²) in [6.45, 7) is 0. The molecular weight excluding hydrogens is 498 g/mol. The summed E-state index contributed by atoms with van der Waals surface area (Å²) < 4.78 is 137. The number of amidine groups is 1. The third-order valence-electron chi connectivity index (χ3n) is 3.69. The van der Waals surface area contributed by atoms with Gasteiger partial charge in [0, 0.05) is 5.02 Å². The Morgan fingerprint density at radius 2 is 1.65 bits per heavy atom. The average Bonchev–Trinajstić information content (AvgIpc) is 3.00. The molecule has 172 valence electrons. The van der Waals surface area contributed by atoms with E-state index in [0.717, 1.165) is 25.3 Å². The molecule has 0 radical (unpaired) electrons. The second kappa shape index (κ2) is 8.07. The number of nitrogens with zero attached hydrogens (tertiary/aromatic N) is 1. The van der Waals surface area contributed by atoms with Crippen LogP contribution in [0, 0.1) is 0 Å². The second-order valence-electron chi connectivity index (χ2n) is 5.67. The van der Waals surface area contributed by atoms with Gasteiger partial charge in [0.05, 0.1) is 23.3 Å². The zero-order valence-corrected chi connectivity index (χ0v) is 16.1. The molecule has 0 amide bonds. The molecule has 4 nitrogen and oxygen atoms in total. The number of rotatable bonds is 2. The van der Waals surface area contributed by atoms with Gasteiger partial charge in [-0.05, 0) is 18.2 Å². The van der Waals surface area contributed by atoms with Crippen LogP contribution >= 0.6 is 23.4 Å². The van der Waals surface area contributed by atoms with Crippen molar-refractivity contribution in [2.45, 2.75) is 24.1 Å². The van der Waals surface area contributed by atoms with Crippen molar-refractivity contribution < 1.29 is 53.4 Å². The maximum Gasteiger partial charge on any atom is 0.443 e. The molecule has 0 aromatic heterocycles. The smallest absolute Gasteiger partial charge is 0.443 e. The molecule has 2 rings (SSSR count). The van der Waals surface area contributed by atoms with E-state index in [1.54, 1.807) is 0 Å². The summed E-state index contributed by atoms with van der Waals surface area (Å²) in [7, 11) is 0.903. The number of carbonyl (C=O) groups is 1. The molecule has 1 heterocycles. The van der Waals surface area contributed by atoms with Crippen LogP contribution in [-0.2, 0) is 4.74 Å². The maximum absolute atomic E-state index is 13.7. The van der Waals surface area contributed by atoms with Crippen molar-refractivity contribution in [1.29, 1.82) is 0 Å². The van der Waals surface area contributed by atoms with E-state index < -0.39 is 68.9 Å². The zero-order chi connectivity index (χ0) is 24.0. The fraction of sp³-hybridized carbons (Fsp3) is 0.333. The highest BCUT2D eigenvalue weighted by molar-refractivity contribution is 8.17. The molecular formula is C15H7ClF10N2O2S. The normalized spacial score (nSPS) is 18.5. The van der Waals surface area contributed by atoms with Crippen molar-refractivity contribution in [2.75, 3.05) is 12.4 Å². The number of benzene rings is 1. The van der Waals surface area contributed by atoms with E-state index in [2.05, 4.69) is 9.73 Å². The largest absolute Gasteiger partial charge is 0.465 e. The molecule has 0 fully saturated rings. The van der Waals surface area contributed by atoms with E-state index in [-0.39, 0.29) is 5.02 Å². The number of hydrogen-bond donors (Lipinski definition) is 1. The number of nitrogens with one attached hydrogen (secondary N) is 1. The molecule has 1 aliphatic rings. The molecule has 0 aliphatic carbocycles. The van der Waals surface area contributed by atoms with E-state index in [1.165, 1.54) is 0 Å². The highest BCUT2D eigenvalue weighted by atomic mass is 35.5. The Hall–Kier alpha value is -2.16. The molecule has 0 saturated carbocycles. The quantitative estimate of drug-likeness (QED) is 0.382. The average molecular weight is 505 g/mol. The Kier molecular flexibility index (Phi) is 6.54. The van der Waals surface area contributed by atoms with Gasteiger partial charge in [0.25, 0.3) is 5.54 Å². The monoisotopic (exact) mass is 504 g/mol. The van der Waals surface area contributed by atoms with Crippen LogP contribution in [0.5, 0.6) is 0 Å². The summed E-state index contributed by atoms with van der Waals surface area (Å²) >= 11 is 4.80. The number of methoxy groups -OCH3 is 1. The SMILES string of the molecule is COC(=O)c1ccc(Cl)cc1NC1=NC(C(F)(F)F)(C(F)(F)F)/C(=C(\F)C(F)(F)F)S1. The summed E-state index contributed by atoms with van der Waals surface area (Å²) in [6, 6.07) is 2.96. The first kappa shape index (κ1) is 25.1. The van der Waals surface area contributed by atoms with Crippen LogP contribution < -0.4 is 5.32 Å². The van der Waals surface area contributed by atoms with Crippen LogP contribution in [0.3, 0.4) is 0 Å². The van der Waals surface area contributed by atoms with Gasteiger partial charge in [-0.15, -0.1) is 0 Å². The van der Waals surface area contributed by atoms with E-state index in [0.29, 0.717) is 0 Å². The van der Waals surface area contributed by atoms with Crippen LogP contribution in [0.2, 0.25) is 5.02 Å². The number of esters is 1. The van der Waals surface area contributed by atoms with Gasteiger partial charge in [0.2, 0.25) is 5.83 Å². The summed E-state index contributed by atoms with van der Waals surface area (Å²) in [6.07, 6.45) is -19.2. The van der Waals surface area contributed by atoms with Crippen LogP contribution in [0.25, 0.3) is 0 Å². The third kappa shape index (κ3) is 4.56. The minimum atomic E-state index is -6.50. The van der Waals surface area contributed by atoms with Gasteiger partial charge in [-0.2, -0.15) is 39.5 Å². The van der Waals surface area contributed by atoms with Gasteiger partial charge in [0.1, 0.15) is 0 Å². The fourth-order valence-electron chi connectivity index (χ4n) is 2.35. The van der Waals surface area contributed by atoms with Crippen molar-refractivity contribution in [2.24, 2.45) is 4.99 Å². The predicted molar refractivity (Wildman–Crippen MR) is 90.5 cm³/mol. The molecule has 0 saturated heterocycles. The predicted octanol–water partition coefficient (Wildman–Crippen LogP) is 6.25. The standard InChI is InChI=1S/C15H7ClF10N2O2S/c1-30-10(29)6-3-2-5(16)4-7(6)27-11-28-12(14(21,22)23,15(24,25)26)9(31-11)8(17)13(18,19)20/h2-4H,1H3,(H,27,28)/b9-8+. The van der Waals surface area contributed by atoms with Crippen LogP contribution in [-0.4, -0.2) is 42.3 Å². The van der Waals surface area contributed by atoms with Gasteiger partial charge in [0.15, 0.2) is 5.17 Å². The number of alkyl halides is 9. The molecule has 1 aromatic carbocycles. The molecule has 16 heteroatoms. The molecule has 1 aromatic rings. The second-order valence-corrected chi connectivity index (χ2v) is 7.11. The number of allylic oxidation sites excluding steroid dienone is 1. The van der Waals surface area contributed by atoms with Gasteiger partial charge < -0.3 is 10.1 Å². The van der Waals surface area contributed by atoms with Crippen LogP contribution in [0.1, 0.15) is 10.4 Å². The minimum Gasteiger partial charge on any atom is -0.465 e. The Morgan fingerprint density at radius 3 is 2.10 bits per heavy atom. The van der Waals surface area contributed by atoms with Gasteiger partial charge in [-0.3, -0.25) is 0 Å². The van der Waals surface area contributed by atoms with E-state index in [4.69, 9.17) is 11.6 Å². The van der Waals surface area contributed by atoms with Crippen molar-refractivity contribution in [3.05, 3.63) is 39.5 Å². The summed E-state index contributed by atoms with van der Waals surface area (Å²) in [5, 5.41) is 0.282. The maximum atomic E-state index is 13.7. The van der Waals surface area contributed by atoms with Gasteiger partial charge >= 0.3 is 24.5 Å². The lowest BCUT2D eigenvalue weighted by molar-refractivity contribution is -0.280. The lowest BCUT2D eigenvalue weighted by Gasteiger charge is -2.31. The molecule has 1 aliphatic heterocycles. The molecule has 0 unspecified atom stereocenters. The fourth-order valence-corrected chi connectivity index (χ4v) is 3.69. The lowest BCUT2D eigenvalue weighted by Crippen LogP contribution is -2.55. The van der Waals surface area contributed by atoms with Gasteiger partial charge in [-0.25, -0.2) is 14.2 Å². The number of thioether (sulfide) groups is 1. The van der Waals surface area contributed by atoms with Crippen LogP contribution in [0.4, 0.5) is 49.6 Å². The van der Waals surface area contributed by atoms with Crippen molar-refractivity contribution in [1.82, 2.24) is 0 Å². The molecule has 0 spiro atoms.